The van der Waals surface area contributed by atoms with Gasteiger partial charge in [-0.25, -0.2) is 4.79 Å². The van der Waals surface area contributed by atoms with Gasteiger partial charge in [-0.3, -0.25) is 4.79 Å². The van der Waals surface area contributed by atoms with Crippen molar-refractivity contribution < 1.29 is 13.9 Å². The smallest absolute Gasteiger partial charge is 0.349 e. The molecule has 0 N–H and O–H groups in total. The van der Waals surface area contributed by atoms with Crippen LogP contribution in [0.5, 0.6) is 5.75 Å². The Morgan fingerprint density at radius 2 is 1.50 bits per heavy atom. The molecule has 0 bridgehead atoms. The fraction of sp³-hybridized carbons (Fsp3) is 0.120. The fourth-order valence-electron chi connectivity index (χ4n) is 3.34. The molecule has 30 heavy (non-hydrogen) atoms. The molecule has 0 aliphatic rings. The van der Waals surface area contributed by atoms with Crippen LogP contribution in [0.15, 0.2) is 94.1 Å². The summed E-state index contributed by atoms with van der Waals surface area (Å²) in [7, 11) is 1.61. The van der Waals surface area contributed by atoms with E-state index in [0.29, 0.717) is 24.1 Å². The van der Waals surface area contributed by atoms with Gasteiger partial charge in [-0.1, -0.05) is 60.7 Å². The molecule has 3 aromatic carbocycles. The van der Waals surface area contributed by atoms with E-state index in [4.69, 9.17) is 9.15 Å². The summed E-state index contributed by atoms with van der Waals surface area (Å²) in [5.41, 5.74) is 1.77. The molecule has 150 valence electrons. The molecule has 0 unspecified atom stereocenters. The maximum atomic E-state index is 13.4. The van der Waals surface area contributed by atoms with Gasteiger partial charge in [-0.05, 0) is 35.4 Å². The molecule has 1 aromatic heterocycles. The summed E-state index contributed by atoms with van der Waals surface area (Å²) < 4.78 is 10.6. The number of para-hydroxylation sites is 1. The standard InChI is InChI=1S/C25H21NO4/c1-29-21-13-11-19(12-14-21)17-26(16-18-7-3-2-4-8-18)24(27)22-15-20-9-5-6-10-23(20)30-25(22)28/h2-15H,16-17H2,1H3. The number of nitrogens with zero attached hydrogens (tertiary/aromatic N) is 1. The van der Waals surface area contributed by atoms with E-state index >= 15 is 0 Å². The molecule has 0 saturated carbocycles. The Morgan fingerprint density at radius 1 is 0.867 bits per heavy atom. The zero-order chi connectivity index (χ0) is 20.9. The van der Waals surface area contributed by atoms with Gasteiger partial charge in [0.05, 0.1) is 7.11 Å². The second kappa shape index (κ2) is 8.66. The molecule has 0 fully saturated rings. The van der Waals surface area contributed by atoms with Crippen molar-refractivity contribution in [3.8, 4) is 5.75 Å². The number of carbonyl (C=O) groups is 1. The van der Waals surface area contributed by atoms with Crippen LogP contribution in [0.1, 0.15) is 21.5 Å². The van der Waals surface area contributed by atoms with Crippen molar-refractivity contribution in [2.45, 2.75) is 13.1 Å². The highest BCUT2D eigenvalue weighted by molar-refractivity contribution is 5.96. The summed E-state index contributed by atoms with van der Waals surface area (Å²) in [6.45, 7) is 0.724. The number of hydrogen-bond donors (Lipinski definition) is 0. The average molecular weight is 399 g/mol. The molecule has 1 heterocycles. The first-order valence-electron chi connectivity index (χ1n) is 9.63. The zero-order valence-electron chi connectivity index (χ0n) is 16.6. The minimum Gasteiger partial charge on any atom is -0.497 e. The molecular weight excluding hydrogens is 378 g/mol. The van der Waals surface area contributed by atoms with Gasteiger partial charge in [-0.15, -0.1) is 0 Å². The van der Waals surface area contributed by atoms with Gasteiger partial charge in [0.15, 0.2) is 0 Å². The van der Waals surface area contributed by atoms with Crippen molar-refractivity contribution in [1.29, 1.82) is 0 Å². The van der Waals surface area contributed by atoms with Crippen LogP contribution in [0, 0.1) is 0 Å². The normalized spacial score (nSPS) is 10.7. The molecule has 5 heteroatoms. The van der Waals surface area contributed by atoms with Crippen molar-refractivity contribution in [2.75, 3.05) is 7.11 Å². The number of hydrogen-bond acceptors (Lipinski definition) is 4. The Bertz CT molecular complexity index is 1210. The lowest BCUT2D eigenvalue weighted by Gasteiger charge is -2.23. The van der Waals surface area contributed by atoms with Crippen LogP contribution in [0.2, 0.25) is 0 Å². The summed E-state index contributed by atoms with van der Waals surface area (Å²) in [6, 6.07) is 26.0. The summed E-state index contributed by atoms with van der Waals surface area (Å²) in [6.07, 6.45) is 0. The fourth-order valence-corrected chi connectivity index (χ4v) is 3.34. The van der Waals surface area contributed by atoms with Gasteiger partial charge >= 0.3 is 5.63 Å². The molecule has 5 nitrogen and oxygen atoms in total. The highest BCUT2D eigenvalue weighted by Gasteiger charge is 2.21. The number of carbonyl (C=O) groups excluding carboxylic acids is 1. The lowest BCUT2D eigenvalue weighted by Crippen LogP contribution is -2.33. The van der Waals surface area contributed by atoms with Crippen molar-refractivity contribution in [2.24, 2.45) is 0 Å². The Balaban J connectivity index is 1.69. The zero-order valence-corrected chi connectivity index (χ0v) is 16.6. The summed E-state index contributed by atoms with van der Waals surface area (Å²) >= 11 is 0. The van der Waals surface area contributed by atoms with E-state index in [9.17, 15) is 9.59 Å². The van der Waals surface area contributed by atoms with E-state index in [0.717, 1.165) is 16.9 Å². The second-order valence-electron chi connectivity index (χ2n) is 6.98. The van der Waals surface area contributed by atoms with E-state index in [1.54, 1.807) is 30.2 Å². The molecule has 0 aliphatic carbocycles. The predicted molar refractivity (Wildman–Crippen MR) is 115 cm³/mol. The second-order valence-corrected chi connectivity index (χ2v) is 6.98. The molecule has 4 rings (SSSR count). The van der Waals surface area contributed by atoms with Crippen LogP contribution in [0.25, 0.3) is 11.0 Å². The molecular formula is C25H21NO4. The predicted octanol–water partition coefficient (Wildman–Crippen LogP) is 4.64. The van der Waals surface area contributed by atoms with Crippen molar-refractivity contribution >= 4 is 16.9 Å². The number of rotatable bonds is 6. The topological polar surface area (TPSA) is 59.8 Å². The van der Waals surface area contributed by atoms with Gasteiger partial charge in [0.1, 0.15) is 16.9 Å². The van der Waals surface area contributed by atoms with E-state index in [1.807, 2.05) is 66.7 Å². The minimum absolute atomic E-state index is 0.0261. The molecule has 0 atom stereocenters. The number of fused-ring (bicyclic) bond motifs is 1. The van der Waals surface area contributed by atoms with Crippen LogP contribution in [-0.2, 0) is 13.1 Å². The Kier molecular flexibility index (Phi) is 5.61. The summed E-state index contributed by atoms with van der Waals surface area (Å²) in [4.78, 5) is 27.6. The van der Waals surface area contributed by atoms with Gasteiger partial charge < -0.3 is 14.1 Å². The molecule has 4 aromatic rings. The maximum absolute atomic E-state index is 13.4. The summed E-state index contributed by atoms with van der Waals surface area (Å²) in [5.74, 6) is 0.379. The van der Waals surface area contributed by atoms with Gasteiger partial charge in [0.2, 0.25) is 0 Å². The van der Waals surface area contributed by atoms with Crippen LogP contribution in [0.3, 0.4) is 0 Å². The third kappa shape index (κ3) is 4.25. The van der Waals surface area contributed by atoms with E-state index in [2.05, 4.69) is 0 Å². The molecule has 0 aliphatic heterocycles. The number of methoxy groups -OCH3 is 1. The average Bonchev–Trinajstić information content (AvgIpc) is 2.79. The van der Waals surface area contributed by atoms with Crippen LogP contribution in [0.4, 0.5) is 0 Å². The summed E-state index contributed by atoms with van der Waals surface area (Å²) in [5, 5.41) is 0.713. The highest BCUT2D eigenvalue weighted by atomic mass is 16.5. The SMILES string of the molecule is COc1ccc(CN(Cc2ccccc2)C(=O)c2cc3ccccc3oc2=O)cc1. The van der Waals surface area contributed by atoms with E-state index in [1.165, 1.54) is 0 Å². The van der Waals surface area contributed by atoms with E-state index < -0.39 is 5.63 Å². The monoisotopic (exact) mass is 399 g/mol. The van der Waals surface area contributed by atoms with Crippen molar-refractivity contribution in [3.63, 3.8) is 0 Å². The minimum atomic E-state index is -0.633. The molecule has 1 amide bonds. The maximum Gasteiger partial charge on any atom is 0.349 e. The third-order valence-corrected chi connectivity index (χ3v) is 4.91. The van der Waals surface area contributed by atoms with Gasteiger partial charge in [0.25, 0.3) is 5.91 Å². The Morgan fingerprint density at radius 3 is 2.20 bits per heavy atom. The van der Waals surface area contributed by atoms with Crippen LogP contribution in [-0.4, -0.2) is 17.9 Å². The van der Waals surface area contributed by atoms with Crippen molar-refractivity contribution in [3.05, 3.63) is 112 Å². The molecule has 0 spiro atoms. The largest absolute Gasteiger partial charge is 0.497 e. The third-order valence-electron chi connectivity index (χ3n) is 4.91. The number of benzene rings is 3. The molecule has 0 saturated heterocycles. The molecule has 0 radical (unpaired) electrons. The van der Waals surface area contributed by atoms with Gasteiger partial charge in [0, 0.05) is 18.5 Å². The first-order valence-corrected chi connectivity index (χ1v) is 9.63. The lowest BCUT2D eigenvalue weighted by atomic mass is 10.1. The van der Waals surface area contributed by atoms with Gasteiger partial charge in [-0.2, -0.15) is 0 Å². The Labute approximate surface area is 174 Å². The van der Waals surface area contributed by atoms with Crippen LogP contribution >= 0.6 is 0 Å². The van der Waals surface area contributed by atoms with E-state index in [-0.39, 0.29) is 11.5 Å². The first kappa shape index (κ1) is 19.5. The highest BCUT2D eigenvalue weighted by Crippen LogP contribution is 2.18. The Hall–Kier alpha value is -3.86. The quantitative estimate of drug-likeness (QED) is 0.443. The van der Waals surface area contributed by atoms with Crippen LogP contribution < -0.4 is 10.4 Å². The first-order chi connectivity index (χ1) is 14.6. The number of amides is 1. The lowest BCUT2D eigenvalue weighted by molar-refractivity contribution is 0.0726. The number of ether oxygens (including phenoxy) is 1. The van der Waals surface area contributed by atoms with Crippen molar-refractivity contribution in [1.82, 2.24) is 4.90 Å².